The van der Waals surface area contributed by atoms with Gasteiger partial charge in [-0.3, -0.25) is 0 Å². The molecule has 63 heavy (non-hydrogen) atoms. The van der Waals surface area contributed by atoms with Gasteiger partial charge in [0.25, 0.3) is 20.0 Å². The number of halogens is 3. The third-order valence-electron chi connectivity index (χ3n) is 11.5. The number of rotatable bonds is 6. The van der Waals surface area contributed by atoms with Crippen LogP contribution in [0.2, 0.25) is 15.1 Å². The van der Waals surface area contributed by atoms with Crippen LogP contribution in [0.15, 0.2) is 137 Å². The van der Waals surface area contributed by atoms with Crippen LogP contribution in [-0.4, -0.2) is 87.1 Å². The summed E-state index contributed by atoms with van der Waals surface area (Å²) < 4.78 is 57.8. The molecule has 0 amide bonds. The molecular formula is C46H39Cl3N8O4S2. The average Bonchev–Trinajstić information content (AvgIpc) is 3.97. The molecule has 11 rings (SSSR count). The minimum atomic E-state index is -3.89. The topological polar surface area (TPSA) is 134 Å². The van der Waals surface area contributed by atoms with Crippen LogP contribution in [0.5, 0.6) is 0 Å². The second kappa shape index (κ2) is 16.6. The van der Waals surface area contributed by atoms with Gasteiger partial charge in [0.15, 0.2) is 0 Å². The second-order valence-corrected chi connectivity index (χ2v) is 20.3. The number of hydrogen-bond acceptors (Lipinski definition) is 10. The first-order valence-electron chi connectivity index (χ1n) is 20.4. The van der Waals surface area contributed by atoms with E-state index in [4.69, 9.17) is 44.8 Å². The van der Waals surface area contributed by atoms with Crippen molar-refractivity contribution in [1.29, 1.82) is 0 Å². The third-order valence-corrected chi connectivity index (χ3v) is 15.6. The molecule has 9 aromatic rings. The van der Waals surface area contributed by atoms with Crippen LogP contribution in [0.3, 0.4) is 0 Å². The van der Waals surface area contributed by atoms with E-state index < -0.39 is 20.0 Å². The maximum Gasteiger partial charge on any atom is 0.268 e. The van der Waals surface area contributed by atoms with Crippen molar-refractivity contribution in [2.24, 2.45) is 0 Å². The van der Waals surface area contributed by atoms with Gasteiger partial charge in [0.1, 0.15) is 11.6 Å². The summed E-state index contributed by atoms with van der Waals surface area (Å²) in [5.74, 6) is 1.58. The summed E-state index contributed by atoms with van der Waals surface area (Å²) in [4.78, 5) is 14.6. The monoisotopic (exact) mass is 936 g/mol. The molecule has 0 bridgehead atoms. The van der Waals surface area contributed by atoms with E-state index in [1.54, 1.807) is 67.0 Å². The van der Waals surface area contributed by atoms with Crippen LogP contribution < -0.4 is 20.4 Å². The summed E-state index contributed by atoms with van der Waals surface area (Å²) in [6.45, 7) is 6.63. The molecule has 5 aromatic carbocycles. The number of nitrogens with one attached hydrogen (secondary N) is 2. The van der Waals surface area contributed by atoms with Gasteiger partial charge < -0.3 is 20.4 Å². The highest BCUT2D eigenvalue weighted by Gasteiger charge is 2.27. The van der Waals surface area contributed by atoms with Crippen molar-refractivity contribution < 1.29 is 16.8 Å². The number of benzene rings is 5. The minimum absolute atomic E-state index is 0.128. The van der Waals surface area contributed by atoms with E-state index in [1.807, 2.05) is 54.6 Å². The molecule has 2 saturated heterocycles. The Kier molecular flexibility index (Phi) is 10.9. The molecule has 320 valence electrons. The normalized spacial score (nSPS) is 15.1. The molecule has 0 atom stereocenters. The Hall–Kier alpha value is -5.45. The zero-order chi connectivity index (χ0) is 43.5. The number of fused-ring (bicyclic) bond motifs is 7. The molecule has 2 aliphatic rings. The van der Waals surface area contributed by atoms with E-state index >= 15 is 0 Å². The molecule has 0 unspecified atom stereocenters. The summed E-state index contributed by atoms with van der Waals surface area (Å²) >= 11 is 18.6. The van der Waals surface area contributed by atoms with Crippen LogP contribution in [0.1, 0.15) is 0 Å². The zero-order valence-electron chi connectivity index (χ0n) is 33.5. The lowest BCUT2D eigenvalue weighted by Gasteiger charge is -2.29. The fourth-order valence-electron chi connectivity index (χ4n) is 8.56. The summed E-state index contributed by atoms with van der Waals surface area (Å²) in [6, 6.07) is 33.6. The Labute approximate surface area is 378 Å². The fourth-order valence-corrected chi connectivity index (χ4v) is 12.2. The van der Waals surface area contributed by atoms with Crippen molar-refractivity contribution in [3.63, 3.8) is 0 Å². The standard InChI is InChI=1S/C25H21ClN4O2S.C21H18Cl2N4O2S/c26-18-8-9-22-21(16-18)24-20(25(28-22)29-14-11-27-12-15-29)10-13-30(24)33(31,32)23-7-3-5-17-4-1-2-6-19(17)23;22-14-2-1-3-16(12-14)30(28,29)27-9-6-17-20(27)18-13-15(23)4-5-19(18)25-21(17)26-10-7-24-8-11-26/h1-10,13,16,27H,11-12,14-15H2;1-6,9,12-13,24H,7-8,10-11H2. The molecule has 12 nitrogen and oxygen atoms in total. The van der Waals surface area contributed by atoms with Gasteiger partial charge in [-0.1, -0.05) is 77.3 Å². The lowest BCUT2D eigenvalue weighted by molar-refractivity contribution is 0.586. The zero-order valence-corrected chi connectivity index (χ0v) is 37.4. The third kappa shape index (κ3) is 7.52. The Morgan fingerprint density at radius 1 is 0.476 bits per heavy atom. The fraction of sp³-hybridized carbons (Fsp3) is 0.174. The highest BCUT2D eigenvalue weighted by atomic mass is 35.5. The molecule has 0 saturated carbocycles. The van der Waals surface area contributed by atoms with Gasteiger partial charge in [-0.15, -0.1) is 0 Å². The van der Waals surface area contributed by atoms with E-state index in [9.17, 15) is 16.8 Å². The van der Waals surface area contributed by atoms with Crippen molar-refractivity contribution in [1.82, 2.24) is 28.5 Å². The van der Waals surface area contributed by atoms with Crippen LogP contribution in [0, 0.1) is 0 Å². The van der Waals surface area contributed by atoms with Gasteiger partial charge >= 0.3 is 0 Å². The maximum absolute atomic E-state index is 14.0. The molecule has 2 N–H and O–H groups in total. The number of aromatic nitrogens is 4. The number of hydrogen-bond donors (Lipinski definition) is 2. The van der Waals surface area contributed by atoms with Gasteiger partial charge in [-0.25, -0.2) is 34.7 Å². The largest absolute Gasteiger partial charge is 0.353 e. The van der Waals surface area contributed by atoms with Gasteiger partial charge in [-0.2, -0.15) is 0 Å². The summed E-state index contributed by atoms with van der Waals surface area (Å²) in [5.41, 5.74) is 2.58. The Morgan fingerprint density at radius 2 is 0.968 bits per heavy atom. The van der Waals surface area contributed by atoms with Crippen molar-refractivity contribution in [3.05, 3.63) is 143 Å². The molecule has 4 aromatic heterocycles. The molecule has 17 heteroatoms. The Balaban J connectivity index is 0.000000150. The molecule has 0 spiro atoms. The molecular weight excluding hydrogens is 899 g/mol. The molecule has 2 fully saturated rings. The summed E-state index contributed by atoms with van der Waals surface area (Å²) in [6.07, 6.45) is 3.21. The average molecular weight is 938 g/mol. The minimum Gasteiger partial charge on any atom is -0.353 e. The first-order chi connectivity index (χ1) is 30.5. The van der Waals surface area contributed by atoms with Crippen molar-refractivity contribution in [2.45, 2.75) is 9.79 Å². The first-order valence-corrected chi connectivity index (χ1v) is 24.4. The highest BCUT2D eigenvalue weighted by Crippen LogP contribution is 2.38. The van der Waals surface area contributed by atoms with Gasteiger partial charge in [0, 0.05) is 107 Å². The predicted octanol–water partition coefficient (Wildman–Crippen LogP) is 8.79. The van der Waals surface area contributed by atoms with E-state index in [1.165, 1.54) is 14.0 Å². The lowest BCUT2D eigenvalue weighted by atomic mass is 10.1. The number of pyridine rings is 2. The van der Waals surface area contributed by atoms with Crippen LogP contribution in [0.4, 0.5) is 11.6 Å². The number of nitrogens with zero attached hydrogens (tertiary/aromatic N) is 6. The Bertz CT molecular complexity index is 3470. The van der Waals surface area contributed by atoms with Crippen LogP contribution >= 0.6 is 34.8 Å². The van der Waals surface area contributed by atoms with Crippen molar-refractivity contribution >= 4 is 121 Å². The van der Waals surface area contributed by atoms with E-state index in [-0.39, 0.29) is 9.79 Å². The summed E-state index contributed by atoms with van der Waals surface area (Å²) in [7, 11) is -7.75. The van der Waals surface area contributed by atoms with Gasteiger partial charge in [0.2, 0.25) is 0 Å². The van der Waals surface area contributed by atoms with Crippen LogP contribution in [-0.2, 0) is 20.0 Å². The lowest BCUT2D eigenvalue weighted by Crippen LogP contribution is -2.44. The number of piperazine rings is 2. The van der Waals surface area contributed by atoms with Gasteiger partial charge in [0.05, 0.1) is 31.9 Å². The van der Waals surface area contributed by atoms with E-state index in [0.717, 1.165) is 80.2 Å². The quantitative estimate of drug-likeness (QED) is 0.167. The van der Waals surface area contributed by atoms with Crippen molar-refractivity contribution in [2.75, 3.05) is 62.2 Å². The molecule has 2 aliphatic heterocycles. The molecule has 6 heterocycles. The van der Waals surface area contributed by atoms with E-state index in [2.05, 4.69) is 20.4 Å². The van der Waals surface area contributed by atoms with Crippen LogP contribution in [0.25, 0.3) is 54.4 Å². The van der Waals surface area contributed by atoms with Gasteiger partial charge in [-0.05, 0) is 78.2 Å². The molecule has 0 aliphatic carbocycles. The Morgan fingerprint density at radius 3 is 1.52 bits per heavy atom. The SMILES string of the molecule is O=S(=O)(c1cccc(Cl)c1)n1ccc2c(N3CCNCC3)nc3ccc(Cl)cc3c21.O=S(=O)(c1cccc2ccccc12)n1ccc2c(N3CCNCC3)nc3ccc(Cl)cc3c21. The highest BCUT2D eigenvalue weighted by molar-refractivity contribution is 7.90. The second-order valence-electron chi connectivity index (χ2n) is 15.4. The smallest absolute Gasteiger partial charge is 0.268 e. The van der Waals surface area contributed by atoms with E-state index in [0.29, 0.717) is 53.3 Å². The van der Waals surface area contributed by atoms with Crippen molar-refractivity contribution in [3.8, 4) is 0 Å². The predicted molar refractivity (Wildman–Crippen MR) is 255 cm³/mol. The maximum atomic E-state index is 14.0. The summed E-state index contributed by atoms with van der Waals surface area (Å²) in [5, 5.41) is 12.7. The first kappa shape index (κ1) is 41.6. The molecule has 0 radical (unpaired) electrons. The number of anilines is 2.